The lowest BCUT2D eigenvalue weighted by Gasteiger charge is -2.08. The Kier molecular flexibility index (Phi) is 4.16. The van der Waals surface area contributed by atoms with Crippen LogP contribution in [0.4, 0.5) is 10.1 Å². The first-order valence-corrected chi connectivity index (χ1v) is 4.92. The average molecular weight is 264 g/mol. The molecule has 0 saturated heterocycles. The van der Waals surface area contributed by atoms with Gasteiger partial charge in [0.1, 0.15) is 11.6 Å². The topological polar surface area (TPSA) is 55.5 Å². The van der Waals surface area contributed by atoms with Gasteiger partial charge in [-0.2, -0.15) is 0 Å². The quantitative estimate of drug-likeness (QED) is 0.645. The molecule has 0 aliphatic rings. The fourth-order valence-corrected chi connectivity index (χ4v) is 1.28. The third-order valence-corrected chi connectivity index (χ3v) is 2.22. The molecule has 0 spiro atoms. The van der Waals surface area contributed by atoms with Crippen LogP contribution in [0.5, 0.6) is 5.75 Å². The molecule has 5 heteroatoms. The summed E-state index contributed by atoms with van der Waals surface area (Å²) in [6, 6.07) is 2.67. The van der Waals surface area contributed by atoms with Crippen molar-refractivity contribution in [3.8, 4) is 5.75 Å². The highest BCUT2D eigenvalue weighted by atomic mass is 79.9. The number of anilines is 1. The first-order valence-electron chi connectivity index (χ1n) is 4.13. The van der Waals surface area contributed by atoms with Gasteiger partial charge in [0.05, 0.1) is 16.8 Å². The Bertz CT molecular complexity index is 320. The van der Waals surface area contributed by atoms with Crippen LogP contribution in [0.2, 0.25) is 0 Å². The van der Waals surface area contributed by atoms with Crippen molar-refractivity contribution in [2.24, 2.45) is 0 Å². The predicted molar refractivity (Wildman–Crippen MR) is 55.7 cm³/mol. The van der Waals surface area contributed by atoms with Gasteiger partial charge >= 0.3 is 0 Å². The molecule has 0 atom stereocenters. The summed E-state index contributed by atoms with van der Waals surface area (Å²) in [4.78, 5) is 0. The van der Waals surface area contributed by atoms with Crippen molar-refractivity contribution in [1.29, 1.82) is 0 Å². The second-order valence-corrected chi connectivity index (χ2v) is 3.58. The van der Waals surface area contributed by atoms with E-state index >= 15 is 0 Å². The summed E-state index contributed by atoms with van der Waals surface area (Å²) in [5.41, 5.74) is 5.96. The maximum atomic E-state index is 13.0. The van der Waals surface area contributed by atoms with Crippen molar-refractivity contribution in [2.75, 3.05) is 18.9 Å². The number of nitrogens with two attached hydrogens (primary N) is 1. The number of aliphatic hydroxyl groups excluding tert-OH is 1. The molecule has 0 heterocycles. The highest BCUT2D eigenvalue weighted by Crippen LogP contribution is 2.28. The maximum Gasteiger partial charge on any atom is 0.145 e. The Morgan fingerprint density at radius 3 is 2.86 bits per heavy atom. The van der Waals surface area contributed by atoms with Gasteiger partial charge in [0.2, 0.25) is 0 Å². The summed E-state index contributed by atoms with van der Waals surface area (Å²) in [5.74, 6) is -0.114. The van der Waals surface area contributed by atoms with Gasteiger partial charge in [-0.05, 0) is 22.0 Å². The van der Waals surface area contributed by atoms with E-state index in [1.165, 1.54) is 12.1 Å². The number of aliphatic hydroxyl groups is 1. The molecule has 78 valence electrons. The van der Waals surface area contributed by atoms with Crippen LogP contribution in [0.25, 0.3) is 0 Å². The fourth-order valence-electron chi connectivity index (χ4n) is 0.916. The number of hydrogen-bond acceptors (Lipinski definition) is 3. The lowest BCUT2D eigenvalue weighted by atomic mass is 10.3. The molecule has 0 saturated carbocycles. The first-order chi connectivity index (χ1) is 6.65. The number of halogens is 2. The summed E-state index contributed by atoms with van der Waals surface area (Å²) in [6.07, 6.45) is 0.497. The Balaban J connectivity index is 2.72. The highest BCUT2D eigenvalue weighted by molar-refractivity contribution is 9.10. The van der Waals surface area contributed by atoms with Crippen LogP contribution in [0.1, 0.15) is 6.42 Å². The SMILES string of the molecule is Nc1cc(Br)c(F)cc1OCCCO. The molecule has 0 aliphatic carbocycles. The summed E-state index contributed by atoms with van der Waals surface area (Å²) in [6.45, 7) is 0.362. The van der Waals surface area contributed by atoms with Crippen LogP contribution in [-0.2, 0) is 0 Å². The molecule has 1 rings (SSSR count). The Hall–Kier alpha value is -0.810. The summed E-state index contributed by atoms with van der Waals surface area (Å²) in [7, 11) is 0. The third-order valence-electron chi connectivity index (χ3n) is 1.61. The molecule has 0 amide bonds. The standard InChI is InChI=1S/C9H11BrFNO2/c10-6-4-8(12)9(5-7(6)11)14-3-1-2-13/h4-5,13H,1-3,12H2. The molecule has 1 aromatic rings. The number of hydrogen-bond donors (Lipinski definition) is 2. The van der Waals surface area contributed by atoms with Gasteiger partial charge in [-0.25, -0.2) is 4.39 Å². The second kappa shape index (κ2) is 5.17. The predicted octanol–water partition coefficient (Wildman–Crippen LogP) is 1.93. The zero-order chi connectivity index (χ0) is 10.6. The lowest BCUT2D eigenvalue weighted by molar-refractivity contribution is 0.234. The molecule has 14 heavy (non-hydrogen) atoms. The fraction of sp³-hybridized carbons (Fsp3) is 0.333. The lowest BCUT2D eigenvalue weighted by Crippen LogP contribution is -2.02. The van der Waals surface area contributed by atoms with E-state index in [2.05, 4.69) is 15.9 Å². The smallest absolute Gasteiger partial charge is 0.145 e. The molecule has 0 aliphatic heterocycles. The second-order valence-electron chi connectivity index (χ2n) is 2.73. The number of rotatable bonds is 4. The summed E-state index contributed by atoms with van der Waals surface area (Å²) >= 11 is 3.01. The van der Waals surface area contributed by atoms with E-state index in [4.69, 9.17) is 15.6 Å². The molecule has 3 nitrogen and oxygen atoms in total. The van der Waals surface area contributed by atoms with Crippen molar-refractivity contribution < 1.29 is 14.2 Å². The molecule has 0 radical (unpaired) electrons. The summed E-state index contributed by atoms with van der Waals surface area (Å²) < 4.78 is 18.5. The van der Waals surface area contributed by atoms with Gasteiger partial charge in [-0.1, -0.05) is 0 Å². The van der Waals surface area contributed by atoms with Gasteiger partial charge in [0, 0.05) is 19.1 Å². The Labute approximate surface area is 89.8 Å². The molecule has 0 fully saturated rings. The first kappa shape index (κ1) is 11.3. The summed E-state index contributed by atoms with van der Waals surface area (Å²) in [5, 5.41) is 8.52. The normalized spacial score (nSPS) is 10.2. The van der Waals surface area contributed by atoms with Crippen LogP contribution in [0.15, 0.2) is 16.6 Å². The van der Waals surface area contributed by atoms with Crippen LogP contribution in [-0.4, -0.2) is 18.3 Å². The van der Waals surface area contributed by atoms with Gasteiger partial charge < -0.3 is 15.6 Å². The largest absolute Gasteiger partial charge is 0.491 e. The highest BCUT2D eigenvalue weighted by Gasteiger charge is 2.06. The van der Waals surface area contributed by atoms with E-state index < -0.39 is 5.82 Å². The van der Waals surface area contributed by atoms with E-state index in [0.717, 1.165) is 0 Å². The number of nitrogen functional groups attached to an aromatic ring is 1. The Morgan fingerprint density at radius 1 is 1.50 bits per heavy atom. The third kappa shape index (κ3) is 2.85. The van der Waals surface area contributed by atoms with Crippen LogP contribution in [0.3, 0.4) is 0 Å². The number of benzene rings is 1. The van der Waals surface area contributed by atoms with Gasteiger partial charge in [0.25, 0.3) is 0 Å². The molecule has 0 unspecified atom stereocenters. The van der Waals surface area contributed by atoms with Gasteiger partial charge in [-0.15, -0.1) is 0 Å². The molecular formula is C9H11BrFNO2. The van der Waals surface area contributed by atoms with E-state index in [0.29, 0.717) is 28.9 Å². The van der Waals surface area contributed by atoms with Crippen molar-refractivity contribution in [3.05, 3.63) is 22.4 Å². The Morgan fingerprint density at radius 2 is 2.21 bits per heavy atom. The van der Waals surface area contributed by atoms with Gasteiger partial charge in [0.15, 0.2) is 0 Å². The van der Waals surface area contributed by atoms with Crippen LogP contribution < -0.4 is 10.5 Å². The minimum atomic E-state index is -0.418. The molecule has 3 N–H and O–H groups in total. The molecule has 1 aromatic carbocycles. The van der Waals surface area contributed by atoms with E-state index in [-0.39, 0.29) is 6.61 Å². The maximum absolute atomic E-state index is 13.0. The minimum Gasteiger partial charge on any atom is -0.491 e. The zero-order valence-corrected chi connectivity index (χ0v) is 9.05. The van der Waals surface area contributed by atoms with Crippen LogP contribution in [0, 0.1) is 5.82 Å². The van der Waals surface area contributed by atoms with Crippen molar-refractivity contribution in [3.63, 3.8) is 0 Å². The number of ether oxygens (including phenoxy) is 1. The molecule has 0 aromatic heterocycles. The van der Waals surface area contributed by atoms with Crippen molar-refractivity contribution >= 4 is 21.6 Å². The van der Waals surface area contributed by atoms with Crippen molar-refractivity contribution in [2.45, 2.75) is 6.42 Å². The minimum absolute atomic E-state index is 0.0406. The van der Waals surface area contributed by atoms with E-state index in [9.17, 15) is 4.39 Å². The van der Waals surface area contributed by atoms with E-state index in [1.807, 2.05) is 0 Å². The average Bonchev–Trinajstić information content (AvgIpc) is 2.14. The molecular weight excluding hydrogens is 253 g/mol. The van der Waals surface area contributed by atoms with Crippen molar-refractivity contribution in [1.82, 2.24) is 0 Å². The van der Waals surface area contributed by atoms with Gasteiger partial charge in [-0.3, -0.25) is 0 Å². The van der Waals surface area contributed by atoms with E-state index in [1.54, 1.807) is 0 Å². The molecule has 0 bridgehead atoms. The zero-order valence-electron chi connectivity index (χ0n) is 7.46. The monoisotopic (exact) mass is 263 g/mol. The van der Waals surface area contributed by atoms with Crippen LogP contribution >= 0.6 is 15.9 Å².